The summed E-state index contributed by atoms with van der Waals surface area (Å²) < 4.78 is 4.33. The summed E-state index contributed by atoms with van der Waals surface area (Å²) in [6, 6.07) is 0. The van der Waals surface area contributed by atoms with Gasteiger partial charge in [-0.3, -0.25) is 0 Å². The van der Waals surface area contributed by atoms with Gasteiger partial charge in [0.1, 0.15) is 0 Å². The van der Waals surface area contributed by atoms with E-state index in [0.29, 0.717) is 6.42 Å². The largest absolute Gasteiger partial charge is 0.467 e. The van der Waals surface area contributed by atoms with Crippen molar-refractivity contribution in [2.24, 2.45) is 0 Å². The predicted octanol–water partition coefficient (Wildman–Crippen LogP) is 0.928. The monoisotopic (exact) mass is 180 g/mol. The van der Waals surface area contributed by atoms with Gasteiger partial charge in [-0.05, 0) is 13.3 Å². The van der Waals surface area contributed by atoms with E-state index in [2.05, 4.69) is 4.74 Å². The van der Waals surface area contributed by atoms with E-state index in [0.717, 1.165) is 0 Å². The molecule has 0 spiro atoms. The fourth-order valence-electron chi connectivity index (χ4n) is 0.551. The maximum absolute atomic E-state index is 10.8. The van der Waals surface area contributed by atoms with Gasteiger partial charge in [0, 0.05) is 0 Å². The Bertz CT molecular complexity index is 145. The second kappa shape index (κ2) is 3.93. The van der Waals surface area contributed by atoms with Crippen molar-refractivity contribution in [1.29, 1.82) is 0 Å². The van der Waals surface area contributed by atoms with Crippen molar-refractivity contribution >= 4 is 17.6 Å². The molecule has 4 heteroatoms. The molecule has 2 unspecified atom stereocenters. The zero-order valence-corrected chi connectivity index (χ0v) is 7.68. The molecule has 0 heterocycles. The fourth-order valence-corrected chi connectivity index (χ4v) is 0.640. The van der Waals surface area contributed by atoms with E-state index in [1.807, 2.05) is 0 Å². The molecule has 0 aromatic rings. The quantitative estimate of drug-likeness (QED) is 0.519. The molecule has 0 radical (unpaired) electrons. The molecule has 3 nitrogen and oxygen atoms in total. The van der Waals surface area contributed by atoms with Gasteiger partial charge in [0.2, 0.25) is 0 Å². The van der Waals surface area contributed by atoms with Gasteiger partial charge in [-0.2, -0.15) is 0 Å². The number of ether oxygens (including phenoxy) is 1. The van der Waals surface area contributed by atoms with Crippen LogP contribution in [0.1, 0.15) is 20.3 Å². The first-order valence-electron chi connectivity index (χ1n) is 3.40. The highest BCUT2D eigenvalue weighted by atomic mass is 35.5. The smallest absolute Gasteiger partial charge is 0.336 e. The van der Waals surface area contributed by atoms with Gasteiger partial charge in [-0.1, -0.05) is 6.92 Å². The molecule has 0 fully saturated rings. The number of aliphatic hydroxyl groups is 1. The molecule has 0 aromatic carbocycles. The molecular formula is C7H13ClO3. The van der Waals surface area contributed by atoms with Crippen molar-refractivity contribution in [3.8, 4) is 0 Å². The average molecular weight is 181 g/mol. The predicted molar refractivity (Wildman–Crippen MR) is 42.6 cm³/mol. The molecule has 0 aromatic heterocycles. The van der Waals surface area contributed by atoms with Crippen molar-refractivity contribution in [3.63, 3.8) is 0 Å². The Balaban J connectivity index is 4.22. The van der Waals surface area contributed by atoms with Crippen molar-refractivity contribution in [3.05, 3.63) is 0 Å². The van der Waals surface area contributed by atoms with Crippen LogP contribution >= 0.6 is 11.6 Å². The van der Waals surface area contributed by atoms with Crippen LogP contribution in [-0.4, -0.2) is 29.2 Å². The molecule has 0 aliphatic heterocycles. The molecule has 0 amide bonds. The number of halogens is 1. The van der Waals surface area contributed by atoms with Crippen LogP contribution in [0.5, 0.6) is 0 Å². The fraction of sp³-hybridized carbons (Fsp3) is 0.857. The van der Waals surface area contributed by atoms with Crippen LogP contribution in [0, 0.1) is 0 Å². The molecule has 0 rings (SSSR count). The normalized spacial score (nSPS) is 18.6. The van der Waals surface area contributed by atoms with Gasteiger partial charge in [0.05, 0.1) is 12.0 Å². The summed E-state index contributed by atoms with van der Waals surface area (Å²) in [7, 11) is 1.22. The van der Waals surface area contributed by atoms with Crippen molar-refractivity contribution in [1.82, 2.24) is 0 Å². The van der Waals surface area contributed by atoms with Crippen LogP contribution < -0.4 is 0 Å². The molecule has 66 valence electrons. The minimum Gasteiger partial charge on any atom is -0.467 e. The van der Waals surface area contributed by atoms with Gasteiger partial charge in [0.25, 0.3) is 0 Å². The summed E-state index contributed by atoms with van der Waals surface area (Å²) in [6.45, 7) is 3.38. The second-order valence-electron chi connectivity index (χ2n) is 2.56. The Hall–Kier alpha value is -0.280. The van der Waals surface area contributed by atoms with Crippen LogP contribution in [0.15, 0.2) is 0 Å². The molecule has 0 aliphatic rings. The van der Waals surface area contributed by atoms with E-state index in [1.165, 1.54) is 7.11 Å². The van der Waals surface area contributed by atoms with E-state index in [9.17, 15) is 9.90 Å². The van der Waals surface area contributed by atoms with Gasteiger partial charge < -0.3 is 9.84 Å². The molecule has 2 atom stereocenters. The number of carbonyl (C=O) groups is 1. The maximum atomic E-state index is 10.8. The second-order valence-corrected chi connectivity index (χ2v) is 3.42. The summed E-state index contributed by atoms with van der Waals surface area (Å²) >= 11 is 5.79. The first kappa shape index (κ1) is 10.7. The first-order chi connectivity index (χ1) is 4.95. The Labute approximate surface area is 71.3 Å². The number of carbonyl (C=O) groups excluding carboxylic acids is 1. The lowest BCUT2D eigenvalue weighted by Crippen LogP contribution is -2.40. The summed E-state index contributed by atoms with van der Waals surface area (Å²) in [4.78, 5) is 9.84. The van der Waals surface area contributed by atoms with E-state index < -0.39 is 16.9 Å². The van der Waals surface area contributed by atoms with E-state index in [4.69, 9.17) is 11.6 Å². The van der Waals surface area contributed by atoms with E-state index >= 15 is 0 Å². The lowest BCUT2D eigenvalue weighted by Gasteiger charge is -2.23. The van der Waals surface area contributed by atoms with Crippen molar-refractivity contribution in [2.45, 2.75) is 31.2 Å². The van der Waals surface area contributed by atoms with Gasteiger partial charge in [0.15, 0.2) is 6.10 Å². The van der Waals surface area contributed by atoms with Crippen LogP contribution in [0.4, 0.5) is 0 Å². The SMILES string of the molecule is CCC(C)(Cl)C(O)C(=O)OC. The number of esters is 1. The zero-order valence-electron chi connectivity index (χ0n) is 6.93. The standard InChI is InChI=1S/C7H13ClO3/c1-4-7(2,8)5(9)6(10)11-3/h5,9H,4H2,1-3H3. The third-order valence-corrected chi connectivity index (χ3v) is 2.16. The molecule has 0 bridgehead atoms. The highest BCUT2D eigenvalue weighted by molar-refractivity contribution is 6.25. The summed E-state index contributed by atoms with van der Waals surface area (Å²) in [6.07, 6.45) is -0.746. The number of methoxy groups -OCH3 is 1. The molecule has 11 heavy (non-hydrogen) atoms. The third-order valence-electron chi connectivity index (χ3n) is 1.69. The lowest BCUT2D eigenvalue weighted by molar-refractivity contribution is -0.152. The highest BCUT2D eigenvalue weighted by Gasteiger charge is 2.34. The summed E-state index contributed by atoms with van der Waals surface area (Å²) in [5.74, 6) is -0.690. The lowest BCUT2D eigenvalue weighted by atomic mass is 10.0. The van der Waals surface area contributed by atoms with E-state index in [1.54, 1.807) is 13.8 Å². The topological polar surface area (TPSA) is 46.5 Å². The van der Waals surface area contributed by atoms with Crippen molar-refractivity contribution in [2.75, 3.05) is 7.11 Å². The zero-order chi connectivity index (χ0) is 9.07. The number of hydrogen-bond acceptors (Lipinski definition) is 3. The highest BCUT2D eigenvalue weighted by Crippen LogP contribution is 2.23. The van der Waals surface area contributed by atoms with Gasteiger partial charge >= 0.3 is 5.97 Å². The minimum atomic E-state index is -1.25. The Kier molecular flexibility index (Phi) is 3.83. The number of hydrogen-bond donors (Lipinski definition) is 1. The minimum absolute atomic E-state index is 0.505. The van der Waals surface area contributed by atoms with Crippen LogP contribution in [0.25, 0.3) is 0 Å². The Morgan fingerprint density at radius 3 is 2.55 bits per heavy atom. The molecule has 1 N–H and O–H groups in total. The number of alkyl halides is 1. The number of rotatable bonds is 3. The summed E-state index contributed by atoms with van der Waals surface area (Å²) in [5, 5.41) is 9.24. The van der Waals surface area contributed by atoms with Crippen LogP contribution in [0.2, 0.25) is 0 Å². The molecular weight excluding hydrogens is 168 g/mol. The van der Waals surface area contributed by atoms with Gasteiger partial charge in [-0.25, -0.2) is 4.79 Å². The van der Waals surface area contributed by atoms with E-state index in [-0.39, 0.29) is 0 Å². The third kappa shape index (κ3) is 2.67. The molecule has 0 saturated heterocycles. The molecule has 0 aliphatic carbocycles. The number of aliphatic hydroxyl groups excluding tert-OH is 1. The summed E-state index contributed by atoms with van der Waals surface area (Å²) in [5.41, 5.74) is 0. The molecule has 0 saturated carbocycles. The maximum Gasteiger partial charge on any atom is 0.336 e. The van der Waals surface area contributed by atoms with Crippen LogP contribution in [-0.2, 0) is 9.53 Å². The Morgan fingerprint density at radius 2 is 2.27 bits per heavy atom. The van der Waals surface area contributed by atoms with Crippen LogP contribution in [0.3, 0.4) is 0 Å². The van der Waals surface area contributed by atoms with Crippen molar-refractivity contribution < 1.29 is 14.6 Å². The van der Waals surface area contributed by atoms with Gasteiger partial charge in [-0.15, -0.1) is 11.6 Å². The Morgan fingerprint density at radius 1 is 1.82 bits per heavy atom. The first-order valence-corrected chi connectivity index (χ1v) is 3.78. The average Bonchev–Trinajstić information content (AvgIpc) is 2.01.